The molecule has 3 rings (SSSR count). The van der Waals surface area contributed by atoms with Gasteiger partial charge in [-0.25, -0.2) is 4.98 Å². The van der Waals surface area contributed by atoms with E-state index >= 15 is 0 Å². The molecule has 2 heterocycles. The minimum Gasteiger partial charge on any atom is -0.376 e. The summed E-state index contributed by atoms with van der Waals surface area (Å²) in [6.07, 6.45) is 3.57. The third-order valence-electron chi connectivity index (χ3n) is 4.76. The second-order valence-corrected chi connectivity index (χ2v) is 6.93. The van der Waals surface area contributed by atoms with Gasteiger partial charge in [-0.1, -0.05) is 12.1 Å². The first-order chi connectivity index (χ1) is 13.7. The summed E-state index contributed by atoms with van der Waals surface area (Å²) in [7, 11) is 1.49. The van der Waals surface area contributed by atoms with Crippen molar-refractivity contribution in [3.8, 4) is 0 Å². The van der Waals surface area contributed by atoms with Crippen molar-refractivity contribution >= 4 is 22.8 Å². The molecule has 0 bridgehead atoms. The molecule has 1 aliphatic rings. The fraction of sp³-hybridized carbons (Fsp3) is 0.550. The van der Waals surface area contributed by atoms with Crippen LogP contribution in [0.5, 0.6) is 0 Å². The Bertz CT molecular complexity index is 799. The van der Waals surface area contributed by atoms with E-state index in [9.17, 15) is 9.59 Å². The average molecular weight is 388 g/mol. The first kappa shape index (κ1) is 20.3. The van der Waals surface area contributed by atoms with Gasteiger partial charge in [-0.2, -0.15) is 0 Å². The first-order valence-corrected chi connectivity index (χ1v) is 9.75. The summed E-state index contributed by atoms with van der Waals surface area (Å²) in [4.78, 5) is 28.6. The van der Waals surface area contributed by atoms with Crippen molar-refractivity contribution in [2.45, 2.75) is 38.3 Å². The van der Waals surface area contributed by atoms with E-state index < -0.39 is 0 Å². The summed E-state index contributed by atoms with van der Waals surface area (Å²) in [6.45, 7) is 2.14. The lowest BCUT2D eigenvalue weighted by atomic mass is 10.2. The maximum Gasteiger partial charge on any atom is 0.245 e. The minimum atomic E-state index is -0.135. The molecule has 1 aromatic carbocycles. The van der Waals surface area contributed by atoms with Gasteiger partial charge in [0.05, 0.1) is 17.1 Å². The van der Waals surface area contributed by atoms with Crippen molar-refractivity contribution in [2.75, 3.05) is 33.4 Å². The Morgan fingerprint density at radius 2 is 2.14 bits per heavy atom. The van der Waals surface area contributed by atoms with Gasteiger partial charge in [0.15, 0.2) is 0 Å². The van der Waals surface area contributed by atoms with E-state index in [0.717, 1.165) is 42.7 Å². The van der Waals surface area contributed by atoms with Crippen molar-refractivity contribution < 1.29 is 19.1 Å². The smallest absolute Gasteiger partial charge is 0.245 e. The molecule has 0 aliphatic carbocycles. The Labute approximate surface area is 164 Å². The van der Waals surface area contributed by atoms with E-state index in [-0.39, 0.29) is 31.1 Å². The zero-order valence-corrected chi connectivity index (χ0v) is 16.3. The van der Waals surface area contributed by atoms with Crippen LogP contribution < -0.4 is 10.6 Å². The number of aromatic nitrogens is 2. The molecule has 152 valence electrons. The van der Waals surface area contributed by atoms with Crippen molar-refractivity contribution in [2.24, 2.45) is 0 Å². The fourth-order valence-corrected chi connectivity index (χ4v) is 3.38. The van der Waals surface area contributed by atoms with Gasteiger partial charge in [0.25, 0.3) is 0 Å². The van der Waals surface area contributed by atoms with Gasteiger partial charge < -0.3 is 24.7 Å². The third-order valence-corrected chi connectivity index (χ3v) is 4.76. The Hall–Kier alpha value is -2.45. The van der Waals surface area contributed by atoms with Crippen LogP contribution >= 0.6 is 0 Å². The summed E-state index contributed by atoms with van der Waals surface area (Å²) >= 11 is 0. The molecular formula is C20H28N4O4. The summed E-state index contributed by atoms with van der Waals surface area (Å²) < 4.78 is 12.3. The van der Waals surface area contributed by atoms with Crippen LogP contribution in [0, 0.1) is 0 Å². The number of benzene rings is 1. The quantitative estimate of drug-likeness (QED) is 0.593. The second kappa shape index (κ2) is 10.2. The topological polar surface area (TPSA) is 94.5 Å². The van der Waals surface area contributed by atoms with Gasteiger partial charge in [-0.3, -0.25) is 9.59 Å². The van der Waals surface area contributed by atoms with Crippen LogP contribution in [0.4, 0.5) is 0 Å². The van der Waals surface area contributed by atoms with Gasteiger partial charge >= 0.3 is 0 Å². The standard InChI is InChI=1S/C20H28N4O4/c1-27-14-20(26)21-10-4-9-18-23-16-7-2-3-8-17(16)24(18)13-19(25)22-12-15-6-5-11-28-15/h2-3,7-8,15H,4-6,9-14H2,1H3,(H,21,26)(H,22,25). The molecule has 1 saturated heterocycles. The van der Waals surface area contributed by atoms with Crippen LogP contribution in [0.2, 0.25) is 0 Å². The molecule has 2 amide bonds. The first-order valence-electron chi connectivity index (χ1n) is 9.75. The van der Waals surface area contributed by atoms with Crippen LogP contribution in [0.1, 0.15) is 25.1 Å². The molecule has 1 atom stereocenters. The molecule has 1 aliphatic heterocycles. The van der Waals surface area contributed by atoms with Crippen LogP contribution in [0.25, 0.3) is 11.0 Å². The average Bonchev–Trinajstić information content (AvgIpc) is 3.32. The van der Waals surface area contributed by atoms with Crippen LogP contribution in [-0.2, 0) is 32.0 Å². The number of fused-ring (bicyclic) bond motifs is 1. The lowest BCUT2D eigenvalue weighted by Gasteiger charge is -2.13. The van der Waals surface area contributed by atoms with E-state index in [4.69, 9.17) is 9.47 Å². The second-order valence-electron chi connectivity index (χ2n) is 6.93. The molecule has 1 aromatic heterocycles. The highest BCUT2D eigenvalue weighted by atomic mass is 16.5. The Morgan fingerprint density at radius 3 is 2.93 bits per heavy atom. The number of carbonyl (C=O) groups excluding carboxylic acids is 2. The molecule has 1 unspecified atom stereocenters. The summed E-state index contributed by atoms with van der Waals surface area (Å²) in [5.41, 5.74) is 1.81. The molecule has 2 N–H and O–H groups in total. The number of rotatable bonds is 10. The number of aryl methyl sites for hydroxylation is 1. The Balaban J connectivity index is 1.60. The van der Waals surface area contributed by atoms with Gasteiger partial charge in [-0.05, 0) is 31.4 Å². The number of amides is 2. The highest BCUT2D eigenvalue weighted by molar-refractivity contribution is 5.81. The number of hydrogen-bond donors (Lipinski definition) is 2. The zero-order valence-electron chi connectivity index (χ0n) is 16.3. The van der Waals surface area contributed by atoms with Crippen LogP contribution in [0.15, 0.2) is 24.3 Å². The van der Waals surface area contributed by atoms with Gasteiger partial charge in [-0.15, -0.1) is 0 Å². The van der Waals surface area contributed by atoms with E-state index in [1.165, 1.54) is 7.11 Å². The summed E-state index contributed by atoms with van der Waals surface area (Å²) in [6, 6.07) is 7.80. The predicted octanol–water partition coefficient (Wildman–Crippen LogP) is 1.03. The molecular weight excluding hydrogens is 360 g/mol. The highest BCUT2D eigenvalue weighted by Gasteiger charge is 2.18. The lowest BCUT2D eigenvalue weighted by Crippen LogP contribution is -2.34. The van der Waals surface area contributed by atoms with Crippen LogP contribution in [-0.4, -0.2) is 60.9 Å². The number of imidazole rings is 1. The molecule has 0 radical (unpaired) electrons. The van der Waals surface area contributed by atoms with Gasteiger partial charge in [0.1, 0.15) is 19.0 Å². The molecule has 2 aromatic rings. The Morgan fingerprint density at radius 1 is 1.29 bits per heavy atom. The van der Waals surface area contributed by atoms with Gasteiger partial charge in [0.2, 0.25) is 11.8 Å². The monoisotopic (exact) mass is 388 g/mol. The van der Waals surface area contributed by atoms with E-state index in [0.29, 0.717) is 19.5 Å². The molecule has 0 spiro atoms. The SMILES string of the molecule is COCC(=O)NCCCc1nc2ccccc2n1CC(=O)NCC1CCCO1. The van der Waals surface area contributed by atoms with E-state index in [1.807, 2.05) is 28.8 Å². The molecule has 28 heavy (non-hydrogen) atoms. The predicted molar refractivity (Wildman–Crippen MR) is 105 cm³/mol. The van der Waals surface area contributed by atoms with Crippen molar-refractivity contribution in [1.29, 1.82) is 0 Å². The molecule has 0 saturated carbocycles. The lowest BCUT2D eigenvalue weighted by molar-refractivity contribution is -0.124. The number of carbonyl (C=O) groups is 2. The third kappa shape index (κ3) is 5.53. The zero-order chi connectivity index (χ0) is 19.8. The maximum absolute atomic E-state index is 12.5. The number of nitrogens with one attached hydrogen (secondary N) is 2. The van der Waals surface area contributed by atoms with Crippen molar-refractivity contribution in [3.63, 3.8) is 0 Å². The van der Waals surface area contributed by atoms with Crippen LogP contribution in [0.3, 0.4) is 0 Å². The molecule has 8 heteroatoms. The normalized spacial score (nSPS) is 16.4. The molecule has 8 nitrogen and oxygen atoms in total. The number of para-hydroxylation sites is 2. The largest absolute Gasteiger partial charge is 0.376 e. The number of nitrogens with zero attached hydrogens (tertiary/aromatic N) is 2. The highest BCUT2D eigenvalue weighted by Crippen LogP contribution is 2.17. The van der Waals surface area contributed by atoms with E-state index in [1.54, 1.807) is 0 Å². The van der Waals surface area contributed by atoms with Crippen molar-refractivity contribution in [3.05, 3.63) is 30.1 Å². The number of methoxy groups -OCH3 is 1. The minimum absolute atomic E-state index is 0.0479. The summed E-state index contributed by atoms with van der Waals surface area (Å²) in [5, 5.41) is 5.77. The maximum atomic E-state index is 12.5. The number of ether oxygens (including phenoxy) is 2. The van der Waals surface area contributed by atoms with Crippen molar-refractivity contribution in [1.82, 2.24) is 20.2 Å². The fourth-order valence-electron chi connectivity index (χ4n) is 3.38. The summed E-state index contributed by atoms with van der Waals surface area (Å²) in [5.74, 6) is 0.660. The number of hydrogen-bond acceptors (Lipinski definition) is 5. The molecule has 1 fully saturated rings. The van der Waals surface area contributed by atoms with Gasteiger partial charge in [0, 0.05) is 33.2 Å². The van der Waals surface area contributed by atoms with E-state index in [2.05, 4.69) is 15.6 Å². The Kier molecular flexibility index (Phi) is 7.39.